The smallest absolute Gasteiger partial charge is 0.152 e. The molecule has 0 atom stereocenters. The summed E-state index contributed by atoms with van der Waals surface area (Å²) in [6.45, 7) is 2.20. The van der Waals surface area contributed by atoms with Crippen molar-refractivity contribution in [3.63, 3.8) is 0 Å². The van der Waals surface area contributed by atoms with Gasteiger partial charge in [-0.25, -0.2) is 0 Å². The maximum absolute atomic E-state index is 11.1. The van der Waals surface area contributed by atoms with E-state index in [1.165, 1.54) is 0 Å². The van der Waals surface area contributed by atoms with Crippen LogP contribution in [0.25, 0.3) is 0 Å². The lowest BCUT2D eigenvalue weighted by Crippen LogP contribution is -2.34. The molecular formula is C12H11ClN4O. The van der Waals surface area contributed by atoms with Crippen LogP contribution >= 0.6 is 11.6 Å². The summed E-state index contributed by atoms with van der Waals surface area (Å²) in [7, 11) is 0. The van der Waals surface area contributed by atoms with Gasteiger partial charge in [0.1, 0.15) is 6.33 Å². The summed E-state index contributed by atoms with van der Waals surface area (Å²) in [4.78, 5) is 13.2. The Hall–Kier alpha value is -1.88. The topological polar surface area (TPSA) is 51.0 Å². The molecule has 3 rings (SSSR count). The van der Waals surface area contributed by atoms with Gasteiger partial charge in [0.15, 0.2) is 12.1 Å². The third kappa shape index (κ3) is 1.76. The number of carbonyl (C=O) groups excluding carboxylic acids is 1. The van der Waals surface area contributed by atoms with Crippen molar-refractivity contribution < 1.29 is 4.79 Å². The number of aromatic nitrogens is 3. The lowest BCUT2D eigenvalue weighted by atomic mass is 10.1. The molecule has 0 aliphatic carbocycles. The van der Waals surface area contributed by atoms with E-state index in [9.17, 15) is 4.79 Å². The molecule has 1 aliphatic rings. The molecule has 1 aromatic heterocycles. The van der Waals surface area contributed by atoms with Crippen LogP contribution in [0.5, 0.6) is 0 Å². The minimum atomic E-state index is 0.590. The number of aldehydes is 1. The Bertz CT molecular complexity index is 596. The highest BCUT2D eigenvalue weighted by atomic mass is 35.5. The maximum atomic E-state index is 11.1. The van der Waals surface area contributed by atoms with Gasteiger partial charge in [0.05, 0.1) is 17.3 Å². The van der Waals surface area contributed by atoms with Crippen LogP contribution in [0.4, 0.5) is 5.69 Å². The van der Waals surface area contributed by atoms with E-state index in [-0.39, 0.29) is 0 Å². The zero-order valence-electron chi connectivity index (χ0n) is 9.58. The Morgan fingerprint density at radius 2 is 2.22 bits per heavy atom. The second-order valence-corrected chi connectivity index (χ2v) is 4.56. The van der Waals surface area contributed by atoms with E-state index in [1.54, 1.807) is 24.5 Å². The number of para-hydroxylation sites is 1. The largest absolute Gasteiger partial charge is 0.360 e. The molecule has 0 radical (unpaired) electrons. The van der Waals surface area contributed by atoms with Gasteiger partial charge in [-0.05, 0) is 12.1 Å². The van der Waals surface area contributed by atoms with E-state index in [0.717, 1.165) is 30.9 Å². The third-order valence-electron chi connectivity index (χ3n) is 3.10. The van der Waals surface area contributed by atoms with E-state index in [4.69, 9.17) is 11.6 Å². The molecule has 2 aromatic rings. The molecule has 18 heavy (non-hydrogen) atoms. The van der Waals surface area contributed by atoms with Crippen LogP contribution < -0.4 is 4.90 Å². The Morgan fingerprint density at radius 3 is 3.06 bits per heavy atom. The lowest BCUT2D eigenvalue weighted by molar-refractivity contribution is 0.112. The summed E-state index contributed by atoms with van der Waals surface area (Å²) in [5.41, 5.74) is 1.39. The van der Waals surface area contributed by atoms with Crippen LogP contribution in [-0.4, -0.2) is 27.6 Å². The zero-order chi connectivity index (χ0) is 12.5. The van der Waals surface area contributed by atoms with Crippen molar-refractivity contribution in [2.24, 2.45) is 0 Å². The number of benzene rings is 1. The van der Waals surface area contributed by atoms with Gasteiger partial charge in [0.2, 0.25) is 0 Å². The van der Waals surface area contributed by atoms with Gasteiger partial charge in [-0.15, -0.1) is 10.2 Å². The first-order chi connectivity index (χ1) is 8.79. The summed E-state index contributed by atoms with van der Waals surface area (Å²) in [6, 6.07) is 5.35. The quantitative estimate of drug-likeness (QED) is 0.774. The molecule has 0 saturated heterocycles. The number of fused-ring (bicyclic) bond motifs is 1. The SMILES string of the molecule is O=Cc1cccc(Cl)c1N1CCn2cnnc2C1. The van der Waals surface area contributed by atoms with Crippen molar-refractivity contribution in [3.05, 3.63) is 40.9 Å². The lowest BCUT2D eigenvalue weighted by Gasteiger charge is -2.30. The first kappa shape index (κ1) is 11.2. The number of carbonyl (C=O) groups is 1. The highest BCUT2D eigenvalue weighted by Gasteiger charge is 2.21. The van der Waals surface area contributed by atoms with Crippen molar-refractivity contribution in [2.75, 3.05) is 11.4 Å². The first-order valence-electron chi connectivity index (χ1n) is 5.65. The highest BCUT2D eigenvalue weighted by Crippen LogP contribution is 2.31. The number of hydrogen-bond donors (Lipinski definition) is 0. The molecule has 0 bridgehead atoms. The summed E-state index contributed by atoms with van der Waals surface area (Å²) < 4.78 is 2.01. The molecule has 0 amide bonds. The van der Waals surface area contributed by atoms with Gasteiger partial charge in [-0.3, -0.25) is 4.79 Å². The second kappa shape index (κ2) is 4.42. The van der Waals surface area contributed by atoms with Crippen molar-refractivity contribution in [3.8, 4) is 0 Å². The van der Waals surface area contributed by atoms with Crippen molar-refractivity contribution in [1.82, 2.24) is 14.8 Å². The van der Waals surface area contributed by atoms with Crippen molar-refractivity contribution >= 4 is 23.6 Å². The maximum Gasteiger partial charge on any atom is 0.152 e. The molecule has 92 valence electrons. The number of rotatable bonds is 2. The van der Waals surface area contributed by atoms with Crippen molar-refractivity contribution in [1.29, 1.82) is 0 Å². The predicted molar refractivity (Wildman–Crippen MR) is 67.9 cm³/mol. The minimum absolute atomic E-state index is 0.590. The van der Waals surface area contributed by atoms with Crippen LogP contribution in [0, 0.1) is 0 Å². The van der Waals surface area contributed by atoms with Gasteiger partial charge in [0.25, 0.3) is 0 Å². The number of halogens is 1. The van der Waals surface area contributed by atoms with Gasteiger partial charge >= 0.3 is 0 Å². The average Bonchev–Trinajstić information content (AvgIpc) is 2.85. The molecule has 0 unspecified atom stereocenters. The Labute approximate surface area is 109 Å². The van der Waals surface area contributed by atoms with Crippen LogP contribution in [0.1, 0.15) is 16.2 Å². The summed E-state index contributed by atoms with van der Waals surface area (Å²) in [5.74, 6) is 0.887. The van der Waals surface area contributed by atoms with E-state index < -0.39 is 0 Å². The molecule has 0 spiro atoms. The van der Waals surface area contributed by atoms with Crippen LogP contribution in [0.2, 0.25) is 5.02 Å². The molecule has 2 heterocycles. The monoisotopic (exact) mass is 262 g/mol. The molecule has 1 aromatic carbocycles. The fraction of sp³-hybridized carbons (Fsp3) is 0.250. The minimum Gasteiger partial charge on any atom is -0.360 e. The molecule has 5 nitrogen and oxygen atoms in total. The van der Waals surface area contributed by atoms with E-state index in [1.807, 2.05) is 4.57 Å². The average molecular weight is 263 g/mol. The zero-order valence-corrected chi connectivity index (χ0v) is 10.3. The first-order valence-corrected chi connectivity index (χ1v) is 6.02. The standard InChI is InChI=1S/C12H11ClN4O/c13-10-3-1-2-9(7-18)12(10)16-4-5-17-8-14-15-11(17)6-16/h1-3,7-8H,4-6H2. The number of nitrogens with zero attached hydrogens (tertiary/aromatic N) is 4. The number of hydrogen-bond acceptors (Lipinski definition) is 4. The van der Waals surface area contributed by atoms with Crippen LogP contribution in [-0.2, 0) is 13.1 Å². The Balaban J connectivity index is 2.00. The van der Waals surface area contributed by atoms with Crippen molar-refractivity contribution in [2.45, 2.75) is 13.1 Å². The Morgan fingerprint density at radius 1 is 1.33 bits per heavy atom. The van der Waals surface area contributed by atoms with Gasteiger partial charge in [0, 0.05) is 18.7 Å². The third-order valence-corrected chi connectivity index (χ3v) is 3.41. The molecule has 0 saturated carbocycles. The summed E-state index contributed by atoms with van der Waals surface area (Å²) in [5, 5.41) is 8.53. The second-order valence-electron chi connectivity index (χ2n) is 4.16. The summed E-state index contributed by atoms with van der Waals surface area (Å²) >= 11 is 6.20. The highest BCUT2D eigenvalue weighted by molar-refractivity contribution is 6.33. The summed E-state index contributed by atoms with van der Waals surface area (Å²) in [6.07, 6.45) is 2.56. The van der Waals surface area contributed by atoms with Crippen LogP contribution in [0.3, 0.4) is 0 Å². The molecule has 0 fully saturated rings. The van der Waals surface area contributed by atoms with Crippen LogP contribution in [0.15, 0.2) is 24.5 Å². The normalized spacial score (nSPS) is 14.4. The van der Waals surface area contributed by atoms with Gasteiger partial charge < -0.3 is 9.47 Å². The fourth-order valence-corrected chi connectivity index (χ4v) is 2.52. The molecule has 0 N–H and O–H groups in total. The van der Waals surface area contributed by atoms with E-state index in [0.29, 0.717) is 17.1 Å². The molecule has 1 aliphatic heterocycles. The predicted octanol–water partition coefficient (Wildman–Crippen LogP) is 1.76. The van der Waals surface area contributed by atoms with E-state index >= 15 is 0 Å². The number of anilines is 1. The molecule has 6 heteroatoms. The van der Waals surface area contributed by atoms with Gasteiger partial charge in [-0.1, -0.05) is 17.7 Å². The van der Waals surface area contributed by atoms with Gasteiger partial charge in [-0.2, -0.15) is 0 Å². The molecular weight excluding hydrogens is 252 g/mol. The fourth-order valence-electron chi connectivity index (χ4n) is 2.22. The Kier molecular flexibility index (Phi) is 2.76. The van der Waals surface area contributed by atoms with E-state index in [2.05, 4.69) is 15.1 Å².